The van der Waals surface area contributed by atoms with E-state index in [0.717, 1.165) is 11.9 Å². The Bertz CT molecular complexity index is 677. The molecule has 0 spiro atoms. The first kappa shape index (κ1) is 14.6. The Morgan fingerprint density at radius 1 is 1.41 bits per heavy atom. The van der Waals surface area contributed by atoms with Gasteiger partial charge in [0, 0.05) is 19.1 Å². The van der Waals surface area contributed by atoms with E-state index in [9.17, 15) is 4.79 Å². The van der Waals surface area contributed by atoms with Gasteiger partial charge in [-0.2, -0.15) is 0 Å². The molecule has 1 aliphatic rings. The summed E-state index contributed by atoms with van der Waals surface area (Å²) in [6.07, 6.45) is 3.64. The summed E-state index contributed by atoms with van der Waals surface area (Å²) in [5.41, 5.74) is 0.926. The van der Waals surface area contributed by atoms with Crippen molar-refractivity contribution in [3.05, 3.63) is 12.7 Å². The lowest BCUT2D eigenvalue weighted by Crippen LogP contribution is -2.36. The van der Waals surface area contributed by atoms with Crippen LogP contribution in [-0.4, -0.2) is 55.7 Å². The normalized spacial score (nSPS) is 18.7. The average Bonchev–Trinajstić information content (AvgIpc) is 3.05. The zero-order valence-electron chi connectivity index (χ0n) is 13.0. The number of ether oxygens (including phenoxy) is 1. The highest BCUT2D eigenvalue weighted by atomic mass is 16.6. The molecule has 1 atom stereocenters. The molecule has 0 saturated carbocycles. The Morgan fingerprint density at radius 2 is 2.23 bits per heavy atom. The van der Waals surface area contributed by atoms with Crippen LogP contribution in [0.1, 0.15) is 27.2 Å². The number of amides is 1. The summed E-state index contributed by atoms with van der Waals surface area (Å²) in [5, 5.41) is 3.35. The second-order valence-electron chi connectivity index (χ2n) is 6.38. The van der Waals surface area contributed by atoms with Crippen LogP contribution in [0.3, 0.4) is 0 Å². The van der Waals surface area contributed by atoms with Crippen molar-refractivity contribution in [1.82, 2.24) is 24.8 Å². The molecule has 3 rings (SSSR count). The molecule has 1 saturated heterocycles. The predicted octanol–water partition coefficient (Wildman–Crippen LogP) is 1.77. The van der Waals surface area contributed by atoms with Crippen molar-refractivity contribution < 1.29 is 9.53 Å². The first-order chi connectivity index (χ1) is 10.4. The number of fused-ring (bicyclic) bond motifs is 1. The predicted molar refractivity (Wildman–Crippen MR) is 81.5 cm³/mol. The van der Waals surface area contributed by atoms with Crippen molar-refractivity contribution in [3.63, 3.8) is 0 Å². The van der Waals surface area contributed by atoms with E-state index in [2.05, 4.69) is 25.3 Å². The zero-order chi connectivity index (χ0) is 15.7. The van der Waals surface area contributed by atoms with Crippen LogP contribution >= 0.6 is 0 Å². The third kappa shape index (κ3) is 3.10. The number of likely N-dealkylation sites (tertiary alicyclic amines) is 1. The van der Waals surface area contributed by atoms with Crippen molar-refractivity contribution in [1.29, 1.82) is 0 Å². The second kappa shape index (κ2) is 5.43. The van der Waals surface area contributed by atoms with Crippen LogP contribution in [0.15, 0.2) is 12.7 Å². The monoisotopic (exact) mass is 304 g/mol. The highest BCUT2D eigenvalue weighted by Gasteiger charge is 2.30. The Morgan fingerprint density at radius 3 is 3.00 bits per heavy atom. The first-order valence-electron chi connectivity index (χ1n) is 7.31. The maximum absolute atomic E-state index is 12.1. The molecular weight excluding hydrogens is 284 g/mol. The summed E-state index contributed by atoms with van der Waals surface area (Å²) >= 11 is 0. The number of nitrogens with one attached hydrogen (secondary N) is 2. The Hall–Kier alpha value is -2.38. The van der Waals surface area contributed by atoms with E-state index in [4.69, 9.17) is 4.74 Å². The van der Waals surface area contributed by atoms with Gasteiger partial charge in [-0.1, -0.05) is 0 Å². The maximum atomic E-state index is 12.1. The van der Waals surface area contributed by atoms with Crippen LogP contribution in [0.5, 0.6) is 0 Å². The third-order valence-electron chi connectivity index (χ3n) is 3.40. The number of hydrogen-bond acceptors (Lipinski definition) is 6. The number of carbonyl (C=O) groups excluding carboxylic acids is 1. The van der Waals surface area contributed by atoms with Crippen molar-refractivity contribution in [2.45, 2.75) is 38.8 Å². The first-order valence-corrected chi connectivity index (χ1v) is 7.31. The number of aromatic nitrogens is 4. The molecule has 1 amide bonds. The summed E-state index contributed by atoms with van der Waals surface area (Å²) in [4.78, 5) is 29.2. The number of carbonyl (C=O) groups is 1. The van der Waals surface area contributed by atoms with Crippen molar-refractivity contribution in [2.24, 2.45) is 0 Å². The van der Waals surface area contributed by atoms with Gasteiger partial charge in [-0.25, -0.2) is 19.7 Å². The van der Waals surface area contributed by atoms with E-state index in [-0.39, 0.29) is 12.1 Å². The molecular formula is C14H20N6O2. The van der Waals surface area contributed by atoms with E-state index in [1.807, 2.05) is 20.8 Å². The Labute approximate surface area is 128 Å². The fourth-order valence-electron chi connectivity index (χ4n) is 2.44. The van der Waals surface area contributed by atoms with Crippen molar-refractivity contribution in [3.8, 4) is 0 Å². The molecule has 1 fully saturated rings. The molecule has 2 aromatic heterocycles. The SMILES string of the molecule is CC(C)(C)OC(=O)N1CCC(Nc2ncnc3nc[nH]c23)C1. The Balaban J connectivity index is 1.64. The number of aromatic amines is 1. The molecule has 118 valence electrons. The topological polar surface area (TPSA) is 96.0 Å². The highest BCUT2D eigenvalue weighted by molar-refractivity contribution is 5.82. The maximum Gasteiger partial charge on any atom is 0.410 e. The standard InChI is InChI=1S/C14H20N6O2/c1-14(2,3)22-13(21)20-5-4-9(6-20)19-12-10-11(16-7-15-10)17-8-18-12/h7-9H,4-6H2,1-3H3,(H2,15,16,17,18,19). The lowest BCUT2D eigenvalue weighted by Gasteiger charge is -2.24. The zero-order valence-corrected chi connectivity index (χ0v) is 13.0. The molecule has 1 unspecified atom stereocenters. The smallest absolute Gasteiger partial charge is 0.410 e. The molecule has 0 radical (unpaired) electrons. The number of rotatable bonds is 2. The van der Waals surface area contributed by atoms with Gasteiger partial charge in [-0.3, -0.25) is 0 Å². The van der Waals surface area contributed by atoms with Gasteiger partial charge in [0.25, 0.3) is 0 Å². The van der Waals surface area contributed by atoms with Gasteiger partial charge < -0.3 is 19.9 Å². The van der Waals surface area contributed by atoms with Crippen LogP contribution in [0.25, 0.3) is 11.2 Å². The van der Waals surface area contributed by atoms with Gasteiger partial charge in [0.05, 0.1) is 6.33 Å². The van der Waals surface area contributed by atoms with Gasteiger partial charge in [0.2, 0.25) is 0 Å². The van der Waals surface area contributed by atoms with Gasteiger partial charge >= 0.3 is 6.09 Å². The van der Waals surface area contributed by atoms with Crippen molar-refractivity contribution in [2.75, 3.05) is 18.4 Å². The van der Waals surface area contributed by atoms with Crippen LogP contribution < -0.4 is 5.32 Å². The minimum atomic E-state index is -0.475. The number of H-pyrrole nitrogens is 1. The molecule has 2 aromatic rings. The largest absolute Gasteiger partial charge is 0.444 e. The second-order valence-corrected chi connectivity index (χ2v) is 6.38. The van der Waals surface area contributed by atoms with E-state index in [1.165, 1.54) is 6.33 Å². The molecule has 22 heavy (non-hydrogen) atoms. The number of nitrogens with zero attached hydrogens (tertiary/aromatic N) is 4. The lowest BCUT2D eigenvalue weighted by atomic mass is 10.2. The number of hydrogen-bond donors (Lipinski definition) is 2. The van der Waals surface area contributed by atoms with Gasteiger partial charge in [-0.15, -0.1) is 0 Å². The van der Waals surface area contributed by atoms with Crippen LogP contribution in [0, 0.1) is 0 Å². The minimum Gasteiger partial charge on any atom is -0.444 e. The lowest BCUT2D eigenvalue weighted by molar-refractivity contribution is 0.0293. The molecule has 8 nitrogen and oxygen atoms in total. The van der Waals surface area contributed by atoms with E-state index in [1.54, 1.807) is 11.2 Å². The highest BCUT2D eigenvalue weighted by Crippen LogP contribution is 2.20. The van der Waals surface area contributed by atoms with E-state index in [0.29, 0.717) is 24.6 Å². The molecule has 8 heteroatoms. The van der Waals surface area contributed by atoms with E-state index < -0.39 is 5.60 Å². The van der Waals surface area contributed by atoms with Gasteiger partial charge in [-0.05, 0) is 27.2 Å². The third-order valence-corrected chi connectivity index (χ3v) is 3.40. The summed E-state index contributed by atoms with van der Waals surface area (Å²) in [6.45, 7) is 6.87. The summed E-state index contributed by atoms with van der Waals surface area (Å²) in [7, 11) is 0. The molecule has 0 aromatic carbocycles. The summed E-state index contributed by atoms with van der Waals surface area (Å²) in [5.74, 6) is 0.707. The van der Waals surface area contributed by atoms with Crippen LogP contribution in [0.2, 0.25) is 0 Å². The van der Waals surface area contributed by atoms with Crippen LogP contribution in [-0.2, 0) is 4.74 Å². The van der Waals surface area contributed by atoms with Crippen LogP contribution in [0.4, 0.5) is 10.6 Å². The molecule has 2 N–H and O–H groups in total. The summed E-state index contributed by atoms with van der Waals surface area (Å²) < 4.78 is 5.40. The quantitative estimate of drug-likeness (QED) is 0.878. The van der Waals surface area contributed by atoms with Gasteiger partial charge in [0.15, 0.2) is 11.5 Å². The van der Waals surface area contributed by atoms with E-state index >= 15 is 0 Å². The molecule has 1 aliphatic heterocycles. The van der Waals surface area contributed by atoms with Crippen molar-refractivity contribution >= 4 is 23.1 Å². The average molecular weight is 304 g/mol. The fourth-order valence-corrected chi connectivity index (χ4v) is 2.44. The molecule has 3 heterocycles. The van der Waals surface area contributed by atoms with Gasteiger partial charge in [0.1, 0.15) is 17.4 Å². The molecule has 0 bridgehead atoms. The Kier molecular flexibility index (Phi) is 3.59. The summed E-state index contributed by atoms with van der Waals surface area (Å²) in [6, 6.07) is 0.133. The number of imidazole rings is 1. The minimum absolute atomic E-state index is 0.133. The molecule has 0 aliphatic carbocycles. The number of anilines is 1. The fraction of sp³-hybridized carbons (Fsp3) is 0.571.